The third-order valence-corrected chi connectivity index (χ3v) is 19.9. The molecule has 11 aromatic rings. The molecule has 1 aliphatic rings. The van der Waals surface area contributed by atoms with Crippen molar-refractivity contribution in [2.45, 2.75) is 71.9 Å². The molecule has 0 saturated carbocycles. The van der Waals surface area contributed by atoms with Gasteiger partial charge in [0.15, 0.2) is 11.6 Å². The minimum Gasteiger partial charge on any atom is -0.494 e. The van der Waals surface area contributed by atoms with Gasteiger partial charge >= 0.3 is 0 Å². The molecule has 4 heterocycles. The van der Waals surface area contributed by atoms with E-state index in [4.69, 9.17) is 40.9 Å². The predicted molar refractivity (Wildman–Crippen MR) is 439 cm³/mol. The van der Waals surface area contributed by atoms with Crippen LogP contribution in [0.1, 0.15) is 85.2 Å². The largest absolute Gasteiger partial charge is 0.494 e. The van der Waals surface area contributed by atoms with E-state index in [1.54, 1.807) is 48.5 Å². The van der Waals surface area contributed by atoms with E-state index in [1.165, 1.54) is 37.5 Å². The number of nitrogens with one attached hydrogen (secondary N) is 6. The molecule has 12 rings (SSSR count). The standard InChI is InChI=1S/C87H96N16O10/c1-52(43-77(104)54(3)91-80(107)51-102(39-35-88)87(111)61-17-13-58(14-18-61)82-95-69-32-25-63(46-74(69)98-82)62-19-20-66-49-72(93-73(66)45-62)56-21-28-67(29-22-56)112-41-9-37-100(5)6)84(108)92-55(4)78(105)44-53(2)86(110)103(50-79(89)106)40-36-90-85(109)60-15-11-57(12-16-60)81-94-70-33-26-64(47-75(70)97-81)65-27-34-71-76(48-65)99-83(96-71)59-23-30-68(31-24-59)113-42-10-38-101(7)8/h11-34,45-48,52-55H,9-10,35-44,49-51,88H2,1-8H3,(H2,89,106)(H,90,109)(H,91,107)(H,92,108)(H,94,97)(H,95,98)(H,96,99)/t52-,53-,54+,55+/m0/s1. The molecule has 0 unspecified atom stereocenters. The van der Waals surface area contributed by atoms with Crippen LogP contribution >= 0.6 is 0 Å². The van der Waals surface area contributed by atoms with Gasteiger partial charge in [0.05, 0.1) is 82.9 Å². The van der Waals surface area contributed by atoms with Crippen molar-refractivity contribution in [2.75, 3.05) is 93.8 Å². The highest BCUT2D eigenvalue weighted by Gasteiger charge is 2.30. The number of aliphatic imine (C=N–C) groups is 1. The molecule has 26 heteroatoms. The van der Waals surface area contributed by atoms with Gasteiger partial charge in [-0.1, -0.05) is 68.4 Å². The Kier molecular flexibility index (Phi) is 25.9. The number of rotatable bonds is 37. The third-order valence-electron chi connectivity index (χ3n) is 19.9. The smallest absolute Gasteiger partial charge is 0.254 e. The van der Waals surface area contributed by atoms with Crippen LogP contribution in [0.3, 0.4) is 0 Å². The normalized spacial score (nSPS) is 13.0. The molecule has 0 aliphatic carbocycles. The second kappa shape index (κ2) is 36.5. The number of Topliss-reactive ketones (excluding diaryl/α,β-unsaturated/α-hetero) is 2. The van der Waals surface area contributed by atoms with Crippen LogP contribution < -0.4 is 36.9 Å². The SMILES string of the molecule is C[C@@H](CC(=O)[C@@H](C)NC(=O)CN(CCN)C(=O)c1ccc(-c2nc3cc(-c4ccc5c(c4)N=C(c4ccc(OCCCN(C)C)cc4)C5)ccc3[nH]2)cc1)C(=O)N[C@H](C)C(=O)C[C@H](C)C(=O)N(CCNC(=O)c1ccc(-c2nc3cc(-c4ccc5[nH]c(-c6ccc(OCCCN(C)C)cc6)nc5c4)ccc3[nH]2)cc1)CC(N)=O. The van der Waals surface area contributed by atoms with Crippen molar-refractivity contribution < 1.29 is 47.8 Å². The lowest BCUT2D eigenvalue weighted by Gasteiger charge is -2.25. The maximum absolute atomic E-state index is 13.9. The molecule has 0 spiro atoms. The van der Waals surface area contributed by atoms with E-state index in [0.717, 1.165) is 144 Å². The maximum Gasteiger partial charge on any atom is 0.254 e. The Bertz CT molecular complexity index is 5320. The Morgan fingerprint density at radius 1 is 0.487 bits per heavy atom. The summed E-state index contributed by atoms with van der Waals surface area (Å²) in [5, 5.41) is 8.07. The Labute approximate surface area is 655 Å². The number of primary amides is 1. The van der Waals surface area contributed by atoms with Crippen molar-refractivity contribution in [1.82, 2.24) is 65.5 Å². The number of benzene rings is 8. The zero-order valence-electron chi connectivity index (χ0n) is 64.9. The number of hydrogen-bond donors (Lipinski definition) is 8. The summed E-state index contributed by atoms with van der Waals surface area (Å²) in [6, 6.07) is 52.2. The summed E-state index contributed by atoms with van der Waals surface area (Å²) in [7, 11) is 8.19. The van der Waals surface area contributed by atoms with Gasteiger partial charge in [0.2, 0.25) is 23.6 Å². The number of carbonyl (C=O) groups excluding carboxylic acids is 8. The molecular weight excluding hydrogens is 1430 g/mol. The van der Waals surface area contributed by atoms with Gasteiger partial charge < -0.3 is 71.4 Å². The molecule has 0 saturated heterocycles. The van der Waals surface area contributed by atoms with Crippen molar-refractivity contribution >= 4 is 91.5 Å². The number of aromatic nitrogens is 6. The lowest BCUT2D eigenvalue weighted by atomic mass is 9.97. The first-order chi connectivity index (χ1) is 54.4. The molecule has 584 valence electrons. The van der Waals surface area contributed by atoms with Gasteiger partial charge in [-0.3, -0.25) is 43.3 Å². The number of ketones is 2. The average Bonchev–Trinajstić information content (AvgIpc) is 1.65. The number of amides is 6. The van der Waals surface area contributed by atoms with Crippen LogP contribution in [-0.2, 0) is 35.2 Å². The van der Waals surface area contributed by atoms with E-state index >= 15 is 0 Å². The summed E-state index contributed by atoms with van der Waals surface area (Å²) >= 11 is 0. The number of ether oxygens (including phenoxy) is 2. The van der Waals surface area contributed by atoms with E-state index in [9.17, 15) is 38.4 Å². The van der Waals surface area contributed by atoms with E-state index in [1.807, 2.05) is 105 Å². The zero-order chi connectivity index (χ0) is 80.0. The minimum absolute atomic E-state index is 0.0452. The molecule has 3 aromatic heterocycles. The van der Waals surface area contributed by atoms with Crippen LogP contribution in [0.2, 0.25) is 0 Å². The fourth-order valence-corrected chi connectivity index (χ4v) is 13.5. The molecule has 0 bridgehead atoms. The number of hydrogen-bond acceptors (Lipinski definition) is 17. The molecular formula is C87H96N16O10. The lowest BCUT2D eigenvalue weighted by Crippen LogP contribution is -2.48. The molecule has 8 aromatic carbocycles. The van der Waals surface area contributed by atoms with Gasteiger partial charge in [-0.15, -0.1) is 0 Å². The van der Waals surface area contributed by atoms with E-state index in [-0.39, 0.29) is 39.0 Å². The topological polar surface area (TPSA) is 355 Å². The Morgan fingerprint density at radius 2 is 0.929 bits per heavy atom. The molecule has 4 atom stereocenters. The summed E-state index contributed by atoms with van der Waals surface area (Å²) in [4.78, 5) is 144. The van der Waals surface area contributed by atoms with Gasteiger partial charge in [-0.05, 0) is 204 Å². The lowest BCUT2D eigenvalue weighted by molar-refractivity contribution is -0.140. The summed E-state index contributed by atoms with van der Waals surface area (Å²) in [5.41, 5.74) is 27.5. The summed E-state index contributed by atoms with van der Waals surface area (Å²) in [5.74, 6) is -2.70. The third kappa shape index (κ3) is 20.5. The van der Waals surface area contributed by atoms with Gasteiger partial charge in [0.25, 0.3) is 11.8 Å². The first-order valence-electron chi connectivity index (χ1n) is 38.1. The van der Waals surface area contributed by atoms with Gasteiger partial charge in [0.1, 0.15) is 29.0 Å². The predicted octanol–water partition coefficient (Wildman–Crippen LogP) is 10.3. The van der Waals surface area contributed by atoms with Gasteiger partial charge in [-0.2, -0.15) is 0 Å². The molecule has 113 heavy (non-hydrogen) atoms. The van der Waals surface area contributed by atoms with Crippen LogP contribution in [0.4, 0.5) is 5.69 Å². The monoisotopic (exact) mass is 1520 g/mol. The highest BCUT2D eigenvalue weighted by atomic mass is 16.5. The average molecular weight is 1530 g/mol. The number of H-pyrrole nitrogens is 3. The highest BCUT2D eigenvalue weighted by Crippen LogP contribution is 2.36. The fraction of sp³-hybridized carbons (Fsp3) is 0.310. The number of nitrogens with zero attached hydrogens (tertiary/aromatic N) is 8. The van der Waals surface area contributed by atoms with E-state index in [2.05, 4.69) is 85.1 Å². The highest BCUT2D eigenvalue weighted by molar-refractivity contribution is 6.07. The first-order valence-corrected chi connectivity index (χ1v) is 38.1. The van der Waals surface area contributed by atoms with Crippen LogP contribution in [0.15, 0.2) is 175 Å². The molecule has 0 fully saturated rings. The van der Waals surface area contributed by atoms with Crippen molar-refractivity contribution in [3.05, 3.63) is 192 Å². The second-order valence-electron chi connectivity index (χ2n) is 29.4. The quantitative estimate of drug-likeness (QED) is 0.0168. The van der Waals surface area contributed by atoms with Crippen LogP contribution in [0.25, 0.3) is 89.5 Å². The Hall–Kier alpha value is -12.5. The van der Waals surface area contributed by atoms with E-state index < -0.39 is 84.0 Å². The van der Waals surface area contributed by atoms with Gasteiger partial charge in [0, 0.05) is 98.2 Å². The van der Waals surface area contributed by atoms with Crippen molar-refractivity contribution in [2.24, 2.45) is 28.3 Å². The van der Waals surface area contributed by atoms with Crippen molar-refractivity contribution in [3.63, 3.8) is 0 Å². The number of carbonyl (C=O) groups is 8. The van der Waals surface area contributed by atoms with Crippen LogP contribution in [-0.4, -0.2) is 208 Å². The first kappa shape index (κ1) is 80.0. The number of nitrogens with two attached hydrogens (primary N) is 2. The van der Waals surface area contributed by atoms with E-state index in [0.29, 0.717) is 36.0 Å². The van der Waals surface area contributed by atoms with Crippen LogP contribution in [0.5, 0.6) is 11.5 Å². The molecule has 1 aliphatic heterocycles. The Morgan fingerprint density at radius 3 is 1.42 bits per heavy atom. The summed E-state index contributed by atoms with van der Waals surface area (Å²) < 4.78 is 11.9. The Balaban J connectivity index is 0.561. The molecule has 10 N–H and O–H groups in total. The maximum atomic E-state index is 13.9. The second-order valence-corrected chi connectivity index (χ2v) is 29.4. The number of aromatic amines is 3. The van der Waals surface area contributed by atoms with Crippen molar-refractivity contribution in [3.8, 4) is 67.9 Å². The molecule has 6 amide bonds. The summed E-state index contributed by atoms with van der Waals surface area (Å²) in [6.07, 6.45) is 2.02. The van der Waals surface area contributed by atoms with Crippen molar-refractivity contribution in [1.29, 1.82) is 0 Å². The summed E-state index contributed by atoms with van der Waals surface area (Å²) in [6.45, 7) is 8.27. The number of fused-ring (bicyclic) bond motifs is 4. The fourth-order valence-electron chi connectivity index (χ4n) is 13.5. The molecule has 0 radical (unpaired) electrons. The number of imidazole rings is 3. The zero-order valence-corrected chi connectivity index (χ0v) is 64.9. The molecule has 26 nitrogen and oxygen atoms in total. The van der Waals surface area contributed by atoms with Gasteiger partial charge in [-0.25, -0.2) is 15.0 Å². The minimum atomic E-state index is -1.07. The van der Waals surface area contributed by atoms with Crippen LogP contribution in [0, 0.1) is 11.8 Å².